The van der Waals surface area contributed by atoms with E-state index >= 15 is 0 Å². The van der Waals surface area contributed by atoms with E-state index in [4.69, 9.17) is 0 Å². The highest BCUT2D eigenvalue weighted by atomic mass is 16.2. The summed E-state index contributed by atoms with van der Waals surface area (Å²) in [7, 11) is 0. The number of amides is 1. The van der Waals surface area contributed by atoms with Gasteiger partial charge in [0.25, 0.3) is 0 Å². The first-order chi connectivity index (χ1) is 8.59. The Hall–Kier alpha value is -1.35. The number of carbonyl (C=O) groups excluding carboxylic acids is 1. The van der Waals surface area contributed by atoms with Gasteiger partial charge in [0, 0.05) is 13.1 Å². The Balaban J connectivity index is 2.19. The van der Waals surface area contributed by atoms with Gasteiger partial charge in [0.15, 0.2) is 0 Å². The fourth-order valence-corrected chi connectivity index (χ4v) is 2.51. The minimum atomic E-state index is -0.0585. The molecule has 98 valence electrons. The monoisotopic (exact) mass is 246 g/mol. The van der Waals surface area contributed by atoms with Crippen molar-refractivity contribution in [3.05, 3.63) is 34.9 Å². The predicted octanol–water partition coefficient (Wildman–Crippen LogP) is 2.01. The van der Waals surface area contributed by atoms with E-state index in [0.29, 0.717) is 0 Å². The number of benzene rings is 1. The quantitative estimate of drug-likeness (QED) is 0.866. The van der Waals surface area contributed by atoms with Crippen molar-refractivity contribution in [1.82, 2.24) is 10.2 Å². The van der Waals surface area contributed by atoms with Crippen LogP contribution in [0, 0.1) is 13.8 Å². The summed E-state index contributed by atoms with van der Waals surface area (Å²) in [6, 6.07) is 6.25. The molecule has 1 N–H and O–H groups in total. The number of carbonyl (C=O) groups is 1. The Kier molecular flexibility index (Phi) is 4.02. The molecule has 1 atom stereocenters. The van der Waals surface area contributed by atoms with Gasteiger partial charge in [0.2, 0.25) is 5.91 Å². The van der Waals surface area contributed by atoms with Gasteiger partial charge in [-0.3, -0.25) is 4.79 Å². The molecule has 1 heterocycles. The van der Waals surface area contributed by atoms with Crippen LogP contribution >= 0.6 is 0 Å². The zero-order valence-electron chi connectivity index (χ0n) is 11.5. The summed E-state index contributed by atoms with van der Waals surface area (Å²) in [5.74, 6) is 0.218. The highest BCUT2D eigenvalue weighted by Crippen LogP contribution is 2.17. The summed E-state index contributed by atoms with van der Waals surface area (Å²) < 4.78 is 0. The van der Waals surface area contributed by atoms with Crippen LogP contribution in [0.5, 0.6) is 0 Å². The molecule has 1 saturated heterocycles. The van der Waals surface area contributed by atoms with E-state index < -0.39 is 0 Å². The first kappa shape index (κ1) is 13.1. The molecule has 1 aromatic carbocycles. The minimum Gasteiger partial charge on any atom is -0.337 e. The fourth-order valence-electron chi connectivity index (χ4n) is 2.51. The number of nitrogens with zero attached hydrogens (tertiary/aromatic N) is 1. The number of rotatable bonds is 2. The smallest absolute Gasteiger partial charge is 0.239 e. The lowest BCUT2D eigenvalue weighted by atomic mass is 10.0. The van der Waals surface area contributed by atoms with Crippen molar-refractivity contribution in [3.8, 4) is 0 Å². The second-order valence-corrected chi connectivity index (χ2v) is 5.16. The van der Waals surface area contributed by atoms with E-state index in [0.717, 1.165) is 26.1 Å². The molecule has 0 bridgehead atoms. The summed E-state index contributed by atoms with van der Waals surface area (Å²) in [6.07, 6.45) is 1.03. The molecule has 3 heteroatoms. The molecular weight excluding hydrogens is 224 g/mol. The average Bonchev–Trinajstić information content (AvgIpc) is 2.49. The first-order valence-corrected chi connectivity index (χ1v) is 6.67. The molecule has 1 aliphatic heterocycles. The van der Waals surface area contributed by atoms with Gasteiger partial charge in [-0.15, -0.1) is 0 Å². The predicted molar refractivity (Wildman–Crippen MR) is 73.4 cm³/mol. The van der Waals surface area contributed by atoms with E-state index in [9.17, 15) is 4.79 Å². The number of aryl methyl sites for hydroxylation is 2. The van der Waals surface area contributed by atoms with Crippen molar-refractivity contribution in [3.63, 3.8) is 0 Å². The third-order valence-corrected chi connectivity index (χ3v) is 3.73. The summed E-state index contributed by atoms with van der Waals surface area (Å²) in [5, 5.41) is 3.25. The molecule has 18 heavy (non-hydrogen) atoms. The van der Waals surface area contributed by atoms with Gasteiger partial charge in [-0.2, -0.15) is 0 Å². The van der Waals surface area contributed by atoms with Crippen molar-refractivity contribution < 1.29 is 4.79 Å². The molecule has 1 fully saturated rings. The maximum atomic E-state index is 12.2. The molecule has 0 radical (unpaired) electrons. The lowest BCUT2D eigenvalue weighted by Gasteiger charge is -2.24. The van der Waals surface area contributed by atoms with Crippen LogP contribution in [0.25, 0.3) is 0 Å². The third-order valence-electron chi connectivity index (χ3n) is 3.73. The second-order valence-electron chi connectivity index (χ2n) is 5.16. The van der Waals surface area contributed by atoms with E-state index in [2.05, 4.69) is 37.4 Å². The molecule has 1 amide bonds. The van der Waals surface area contributed by atoms with Crippen LogP contribution in [-0.2, 0) is 11.3 Å². The van der Waals surface area contributed by atoms with Gasteiger partial charge in [-0.05, 0) is 50.4 Å². The van der Waals surface area contributed by atoms with E-state index in [1.165, 1.54) is 16.7 Å². The van der Waals surface area contributed by atoms with Crippen molar-refractivity contribution in [2.24, 2.45) is 0 Å². The van der Waals surface area contributed by atoms with Crippen molar-refractivity contribution in [2.75, 3.05) is 13.1 Å². The molecule has 1 unspecified atom stereocenters. The van der Waals surface area contributed by atoms with E-state index in [-0.39, 0.29) is 11.9 Å². The Labute approximate surface area is 109 Å². The summed E-state index contributed by atoms with van der Waals surface area (Å²) in [5.41, 5.74) is 3.83. The lowest BCUT2D eigenvalue weighted by molar-refractivity contribution is -0.132. The minimum absolute atomic E-state index is 0.0585. The van der Waals surface area contributed by atoms with Gasteiger partial charge in [0.1, 0.15) is 0 Å². The van der Waals surface area contributed by atoms with Crippen LogP contribution in [0.4, 0.5) is 0 Å². The van der Waals surface area contributed by atoms with Crippen LogP contribution in [-0.4, -0.2) is 29.9 Å². The molecule has 1 aromatic rings. The van der Waals surface area contributed by atoms with Gasteiger partial charge >= 0.3 is 0 Å². The lowest BCUT2D eigenvalue weighted by Crippen LogP contribution is -2.41. The molecule has 0 aliphatic carbocycles. The maximum absolute atomic E-state index is 12.2. The van der Waals surface area contributed by atoms with Crippen LogP contribution < -0.4 is 5.32 Å². The topological polar surface area (TPSA) is 32.3 Å². The third kappa shape index (κ3) is 2.72. The van der Waals surface area contributed by atoms with Gasteiger partial charge in [-0.1, -0.05) is 18.2 Å². The zero-order chi connectivity index (χ0) is 13.1. The van der Waals surface area contributed by atoms with Crippen molar-refractivity contribution in [2.45, 2.75) is 39.8 Å². The summed E-state index contributed by atoms with van der Waals surface area (Å²) in [6.45, 7) is 8.70. The number of nitrogens with one attached hydrogen (secondary N) is 1. The number of hydrogen-bond donors (Lipinski definition) is 1. The molecule has 1 aliphatic rings. The van der Waals surface area contributed by atoms with Gasteiger partial charge < -0.3 is 10.2 Å². The summed E-state index contributed by atoms with van der Waals surface area (Å²) >= 11 is 0. The summed E-state index contributed by atoms with van der Waals surface area (Å²) in [4.78, 5) is 14.2. The fraction of sp³-hybridized carbons (Fsp3) is 0.533. The SMILES string of the molecule is Cc1cccc(C)c1CN1CCCNC(C)C1=O. The van der Waals surface area contributed by atoms with E-state index in [1.807, 2.05) is 11.8 Å². The maximum Gasteiger partial charge on any atom is 0.239 e. The number of hydrogen-bond acceptors (Lipinski definition) is 2. The van der Waals surface area contributed by atoms with Crippen LogP contribution in [0.3, 0.4) is 0 Å². The molecule has 2 rings (SSSR count). The second kappa shape index (κ2) is 5.53. The van der Waals surface area contributed by atoms with Gasteiger partial charge in [0.05, 0.1) is 6.04 Å². The van der Waals surface area contributed by atoms with Crippen LogP contribution in [0.15, 0.2) is 18.2 Å². The van der Waals surface area contributed by atoms with Crippen molar-refractivity contribution in [1.29, 1.82) is 0 Å². The van der Waals surface area contributed by atoms with E-state index in [1.54, 1.807) is 0 Å². The standard InChI is InChI=1S/C15H22N2O/c1-11-6-4-7-12(2)14(11)10-17-9-5-8-16-13(3)15(17)18/h4,6-7,13,16H,5,8-10H2,1-3H3. The Morgan fingerprint density at radius 3 is 2.67 bits per heavy atom. The molecule has 0 aromatic heterocycles. The molecule has 0 spiro atoms. The van der Waals surface area contributed by atoms with Crippen molar-refractivity contribution >= 4 is 5.91 Å². The van der Waals surface area contributed by atoms with Crippen LogP contribution in [0.1, 0.15) is 30.0 Å². The Morgan fingerprint density at radius 2 is 2.00 bits per heavy atom. The Bertz CT molecular complexity index is 422. The molecular formula is C15H22N2O. The van der Waals surface area contributed by atoms with Gasteiger partial charge in [-0.25, -0.2) is 0 Å². The molecule has 3 nitrogen and oxygen atoms in total. The molecule has 0 saturated carbocycles. The highest BCUT2D eigenvalue weighted by Gasteiger charge is 2.23. The highest BCUT2D eigenvalue weighted by molar-refractivity contribution is 5.81. The Morgan fingerprint density at radius 1 is 1.33 bits per heavy atom. The normalized spacial score (nSPS) is 20.9. The average molecular weight is 246 g/mol. The first-order valence-electron chi connectivity index (χ1n) is 6.67. The zero-order valence-corrected chi connectivity index (χ0v) is 11.5. The largest absolute Gasteiger partial charge is 0.337 e. The van der Waals surface area contributed by atoms with Crippen LogP contribution in [0.2, 0.25) is 0 Å².